The largest absolute Gasteiger partial charge is 0.493 e. The molecule has 0 aliphatic heterocycles. The molecule has 0 N–H and O–H groups in total. The highest BCUT2D eigenvalue weighted by atomic mass is 16.5. The van der Waals surface area contributed by atoms with E-state index in [2.05, 4.69) is 0 Å². The van der Waals surface area contributed by atoms with E-state index in [0.29, 0.717) is 29.2 Å². The van der Waals surface area contributed by atoms with Crippen LogP contribution < -0.4 is 14.2 Å². The first kappa shape index (κ1) is 20.3. The van der Waals surface area contributed by atoms with Crippen LogP contribution in [0.15, 0.2) is 42.5 Å². The van der Waals surface area contributed by atoms with E-state index in [1.807, 2.05) is 6.07 Å². The predicted molar refractivity (Wildman–Crippen MR) is 101 cm³/mol. The predicted octanol–water partition coefficient (Wildman–Crippen LogP) is 3.46. The molecule has 144 valence electrons. The van der Waals surface area contributed by atoms with Crippen LogP contribution in [0.1, 0.15) is 29.3 Å². The monoisotopic (exact) mass is 372 g/mol. The number of methoxy groups -OCH3 is 3. The second-order valence-electron chi connectivity index (χ2n) is 5.90. The molecule has 2 aromatic carbocycles. The molecule has 6 heteroatoms. The minimum Gasteiger partial charge on any atom is -0.493 e. The van der Waals surface area contributed by atoms with Gasteiger partial charge in [0.25, 0.3) is 0 Å². The number of Topliss-reactive ketones (excluding diaryl/α,β-unsaturated/α-hetero) is 1. The van der Waals surface area contributed by atoms with Gasteiger partial charge in [0.15, 0.2) is 17.6 Å². The van der Waals surface area contributed by atoms with Gasteiger partial charge in [-0.05, 0) is 31.0 Å². The van der Waals surface area contributed by atoms with Crippen LogP contribution in [0, 0.1) is 0 Å². The summed E-state index contributed by atoms with van der Waals surface area (Å²) < 4.78 is 21.2. The standard InChI is InChI=1S/C21H24O6/c1-14(20(23)16-8-6-5-7-9-16)27-19(22)11-10-15-12-17(24-2)21(26-4)18(13-15)25-3/h5-9,12-14H,10-11H2,1-4H3/t14-/m1/s1. The van der Waals surface area contributed by atoms with Crippen molar-refractivity contribution in [1.29, 1.82) is 0 Å². The molecule has 0 fully saturated rings. The van der Waals surface area contributed by atoms with Crippen LogP contribution in [-0.2, 0) is 16.0 Å². The smallest absolute Gasteiger partial charge is 0.306 e. The van der Waals surface area contributed by atoms with Crippen molar-refractivity contribution in [2.24, 2.45) is 0 Å². The molecule has 27 heavy (non-hydrogen) atoms. The molecule has 0 aliphatic rings. The Balaban J connectivity index is 1.98. The Labute approximate surface area is 159 Å². The van der Waals surface area contributed by atoms with Crippen molar-refractivity contribution in [2.75, 3.05) is 21.3 Å². The molecule has 1 atom stereocenters. The Morgan fingerprint density at radius 3 is 2.04 bits per heavy atom. The van der Waals surface area contributed by atoms with E-state index in [4.69, 9.17) is 18.9 Å². The topological polar surface area (TPSA) is 71.1 Å². The highest BCUT2D eigenvalue weighted by Gasteiger charge is 2.20. The van der Waals surface area contributed by atoms with Crippen molar-refractivity contribution < 1.29 is 28.5 Å². The van der Waals surface area contributed by atoms with Gasteiger partial charge < -0.3 is 18.9 Å². The van der Waals surface area contributed by atoms with Crippen LogP contribution in [-0.4, -0.2) is 39.2 Å². The number of hydrogen-bond donors (Lipinski definition) is 0. The Morgan fingerprint density at radius 2 is 1.52 bits per heavy atom. The lowest BCUT2D eigenvalue weighted by molar-refractivity contribution is -0.146. The van der Waals surface area contributed by atoms with Crippen LogP contribution in [0.4, 0.5) is 0 Å². The van der Waals surface area contributed by atoms with E-state index in [-0.39, 0.29) is 12.2 Å². The van der Waals surface area contributed by atoms with Crippen molar-refractivity contribution in [3.8, 4) is 17.2 Å². The van der Waals surface area contributed by atoms with E-state index in [9.17, 15) is 9.59 Å². The van der Waals surface area contributed by atoms with E-state index in [0.717, 1.165) is 5.56 Å². The van der Waals surface area contributed by atoms with Gasteiger partial charge in [-0.15, -0.1) is 0 Å². The van der Waals surface area contributed by atoms with Crippen molar-refractivity contribution in [3.05, 3.63) is 53.6 Å². The quantitative estimate of drug-likeness (QED) is 0.496. The third-order valence-corrected chi connectivity index (χ3v) is 4.08. The molecule has 0 aromatic heterocycles. The molecular formula is C21H24O6. The maximum Gasteiger partial charge on any atom is 0.306 e. The van der Waals surface area contributed by atoms with Gasteiger partial charge in [-0.25, -0.2) is 0 Å². The molecule has 0 saturated carbocycles. The number of ether oxygens (including phenoxy) is 4. The first-order valence-corrected chi connectivity index (χ1v) is 8.57. The number of rotatable bonds is 9. The van der Waals surface area contributed by atoms with Crippen molar-refractivity contribution in [2.45, 2.75) is 25.9 Å². The van der Waals surface area contributed by atoms with Crippen LogP contribution in [0.25, 0.3) is 0 Å². The van der Waals surface area contributed by atoms with Gasteiger partial charge in [0.2, 0.25) is 11.5 Å². The average Bonchev–Trinajstić information content (AvgIpc) is 2.71. The number of aryl methyl sites for hydroxylation is 1. The van der Waals surface area contributed by atoms with E-state index < -0.39 is 12.1 Å². The lowest BCUT2D eigenvalue weighted by Crippen LogP contribution is -2.24. The maximum atomic E-state index is 12.3. The molecule has 6 nitrogen and oxygen atoms in total. The van der Waals surface area contributed by atoms with Gasteiger partial charge in [-0.3, -0.25) is 9.59 Å². The van der Waals surface area contributed by atoms with Crippen LogP contribution in [0.5, 0.6) is 17.2 Å². The number of carbonyl (C=O) groups excluding carboxylic acids is 2. The maximum absolute atomic E-state index is 12.3. The van der Waals surface area contributed by atoms with Crippen LogP contribution >= 0.6 is 0 Å². The number of hydrogen-bond acceptors (Lipinski definition) is 6. The summed E-state index contributed by atoms with van der Waals surface area (Å²) in [6.07, 6.45) is -0.285. The van der Waals surface area contributed by atoms with E-state index in [1.165, 1.54) is 21.3 Å². The Bertz CT molecular complexity index is 760. The summed E-state index contributed by atoms with van der Waals surface area (Å²) in [5, 5.41) is 0. The fourth-order valence-electron chi connectivity index (χ4n) is 2.67. The first-order valence-electron chi connectivity index (χ1n) is 8.57. The van der Waals surface area contributed by atoms with Gasteiger partial charge in [-0.2, -0.15) is 0 Å². The Kier molecular flexibility index (Phi) is 7.23. The van der Waals surface area contributed by atoms with Gasteiger partial charge in [0.05, 0.1) is 21.3 Å². The summed E-state index contributed by atoms with van der Waals surface area (Å²) in [4.78, 5) is 24.4. The van der Waals surface area contributed by atoms with Gasteiger partial charge in [-0.1, -0.05) is 30.3 Å². The zero-order chi connectivity index (χ0) is 19.8. The Hall–Kier alpha value is -3.02. The summed E-state index contributed by atoms with van der Waals surface area (Å²) in [6.45, 7) is 1.58. The first-order chi connectivity index (χ1) is 13.0. The second-order valence-corrected chi connectivity index (χ2v) is 5.90. The van der Waals surface area contributed by atoms with Crippen LogP contribution in [0.2, 0.25) is 0 Å². The number of esters is 1. The third-order valence-electron chi connectivity index (χ3n) is 4.08. The molecule has 2 aromatic rings. The third kappa shape index (κ3) is 5.23. The SMILES string of the molecule is COc1cc(CCC(=O)O[C@H](C)C(=O)c2ccccc2)cc(OC)c1OC. The number of ketones is 1. The second kappa shape index (κ2) is 9.62. The molecule has 0 radical (unpaired) electrons. The highest BCUT2D eigenvalue weighted by molar-refractivity contribution is 6.00. The molecule has 0 bridgehead atoms. The molecule has 0 spiro atoms. The minimum atomic E-state index is -0.833. The fourth-order valence-corrected chi connectivity index (χ4v) is 2.67. The van der Waals surface area contributed by atoms with Crippen molar-refractivity contribution in [1.82, 2.24) is 0 Å². The summed E-state index contributed by atoms with van der Waals surface area (Å²) in [5.41, 5.74) is 1.35. The zero-order valence-corrected chi connectivity index (χ0v) is 16.0. The lowest BCUT2D eigenvalue weighted by atomic mass is 10.1. The molecule has 0 amide bonds. The van der Waals surface area contributed by atoms with Crippen LogP contribution in [0.3, 0.4) is 0 Å². The molecule has 0 saturated heterocycles. The normalized spacial score (nSPS) is 11.4. The molecule has 2 rings (SSSR count). The van der Waals surface area contributed by atoms with Gasteiger partial charge in [0.1, 0.15) is 0 Å². The number of benzene rings is 2. The molecule has 0 heterocycles. The summed E-state index contributed by atoms with van der Waals surface area (Å²) in [5.74, 6) is 0.867. The summed E-state index contributed by atoms with van der Waals surface area (Å²) >= 11 is 0. The van der Waals surface area contributed by atoms with E-state index in [1.54, 1.807) is 43.3 Å². The zero-order valence-electron chi connectivity index (χ0n) is 16.0. The molecule has 0 unspecified atom stereocenters. The van der Waals surface area contributed by atoms with Gasteiger partial charge in [0, 0.05) is 12.0 Å². The fraction of sp³-hybridized carbons (Fsp3) is 0.333. The summed E-state index contributed by atoms with van der Waals surface area (Å²) in [7, 11) is 4.60. The van der Waals surface area contributed by atoms with Crippen molar-refractivity contribution >= 4 is 11.8 Å². The molecular weight excluding hydrogens is 348 g/mol. The van der Waals surface area contributed by atoms with E-state index >= 15 is 0 Å². The molecule has 0 aliphatic carbocycles. The highest BCUT2D eigenvalue weighted by Crippen LogP contribution is 2.38. The minimum absolute atomic E-state index is 0.130. The Morgan fingerprint density at radius 1 is 0.926 bits per heavy atom. The average molecular weight is 372 g/mol. The lowest BCUT2D eigenvalue weighted by Gasteiger charge is -2.15. The van der Waals surface area contributed by atoms with Gasteiger partial charge >= 0.3 is 5.97 Å². The van der Waals surface area contributed by atoms with Crippen molar-refractivity contribution in [3.63, 3.8) is 0 Å². The summed E-state index contributed by atoms with van der Waals surface area (Å²) in [6, 6.07) is 12.3. The number of carbonyl (C=O) groups is 2.